The second-order valence-electron chi connectivity index (χ2n) is 1.98. The van der Waals surface area contributed by atoms with Crippen LogP contribution in [0.25, 0.3) is 0 Å². The van der Waals surface area contributed by atoms with Crippen molar-refractivity contribution in [2.45, 2.75) is 20.0 Å². The van der Waals surface area contributed by atoms with Crippen LogP contribution in [0.3, 0.4) is 0 Å². The monoisotopic (exact) mass is 120 g/mol. The van der Waals surface area contributed by atoms with Gasteiger partial charge >= 0.3 is 5.97 Å². The van der Waals surface area contributed by atoms with E-state index in [9.17, 15) is 9.18 Å². The minimum absolute atomic E-state index is 0.424. The normalized spacial score (nSPS) is 14.0. The van der Waals surface area contributed by atoms with Gasteiger partial charge in [-0.15, -0.1) is 0 Å². The fourth-order valence-electron chi connectivity index (χ4n) is 0.285. The second-order valence-corrected chi connectivity index (χ2v) is 1.98. The lowest BCUT2D eigenvalue weighted by molar-refractivity contribution is -0.144. The van der Waals surface area contributed by atoms with Crippen LogP contribution in [0.15, 0.2) is 0 Å². The summed E-state index contributed by atoms with van der Waals surface area (Å²) >= 11 is 0. The standard InChI is InChI=1S/C5H9FO2/c1-3(2)4(6)5(7)8/h3-4H,1-2H3,(H,7,8)/t4-/m1/s1. The summed E-state index contributed by atoms with van der Waals surface area (Å²) in [5.41, 5.74) is 0. The van der Waals surface area contributed by atoms with Crippen molar-refractivity contribution in [3.8, 4) is 0 Å². The minimum atomic E-state index is -1.71. The van der Waals surface area contributed by atoms with Crippen LogP contribution in [0, 0.1) is 5.92 Å². The maximum atomic E-state index is 12.0. The molecule has 0 radical (unpaired) electrons. The average Bonchev–Trinajstić information content (AvgIpc) is 1.64. The Morgan fingerprint density at radius 1 is 1.62 bits per heavy atom. The Bertz CT molecular complexity index is 90.4. The van der Waals surface area contributed by atoms with Crippen molar-refractivity contribution >= 4 is 5.97 Å². The molecule has 0 aliphatic heterocycles. The summed E-state index contributed by atoms with van der Waals surface area (Å²) in [6, 6.07) is 0. The van der Waals surface area contributed by atoms with Crippen LogP contribution in [-0.4, -0.2) is 17.2 Å². The molecule has 0 fully saturated rings. The van der Waals surface area contributed by atoms with Gasteiger partial charge in [0.05, 0.1) is 0 Å². The van der Waals surface area contributed by atoms with Crippen LogP contribution >= 0.6 is 0 Å². The topological polar surface area (TPSA) is 37.3 Å². The Kier molecular flexibility index (Phi) is 2.45. The number of carboxylic acids is 1. The number of carbonyl (C=O) groups is 1. The van der Waals surface area contributed by atoms with E-state index >= 15 is 0 Å². The third-order valence-electron chi connectivity index (χ3n) is 0.821. The number of carboxylic acid groups (broad SMARTS) is 1. The van der Waals surface area contributed by atoms with Gasteiger partial charge in [-0.1, -0.05) is 13.8 Å². The van der Waals surface area contributed by atoms with Gasteiger partial charge in [-0.2, -0.15) is 0 Å². The van der Waals surface area contributed by atoms with E-state index in [1.54, 1.807) is 0 Å². The molecule has 0 saturated heterocycles. The van der Waals surface area contributed by atoms with Crippen LogP contribution in [0.1, 0.15) is 13.8 Å². The van der Waals surface area contributed by atoms with E-state index in [0.717, 1.165) is 0 Å². The summed E-state index contributed by atoms with van der Waals surface area (Å²) in [5, 5.41) is 7.98. The zero-order valence-electron chi connectivity index (χ0n) is 4.89. The Labute approximate surface area is 47.3 Å². The largest absolute Gasteiger partial charge is 0.479 e. The number of hydrogen-bond donors (Lipinski definition) is 1. The highest BCUT2D eigenvalue weighted by Crippen LogP contribution is 2.04. The molecule has 48 valence electrons. The molecule has 0 rings (SSSR count). The zero-order chi connectivity index (χ0) is 6.73. The maximum Gasteiger partial charge on any atom is 0.338 e. The summed E-state index contributed by atoms with van der Waals surface area (Å²) in [6.45, 7) is 3.05. The molecular weight excluding hydrogens is 111 g/mol. The van der Waals surface area contributed by atoms with Crippen molar-refractivity contribution < 1.29 is 14.3 Å². The molecule has 0 heterocycles. The van der Waals surface area contributed by atoms with Crippen LogP contribution in [0.2, 0.25) is 0 Å². The number of aliphatic carboxylic acids is 1. The highest BCUT2D eigenvalue weighted by atomic mass is 19.1. The van der Waals surface area contributed by atoms with Crippen LogP contribution in [-0.2, 0) is 4.79 Å². The fourth-order valence-corrected chi connectivity index (χ4v) is 0.285. The number of rotatable bonds is 2. The molecule has 0 aliphatic carbocycles. The van der Waals surface area contributed by atoms with Crippen molar-refractivity contribution in [3.63, 3.8) is 0 Å². The molecule has 0 bridgehead atoms. The fraction of sp³-hybridized carbons (Fsp3) is 0.800. The molecule has 0 aromatic heterocycles. The van der Waals surface area contributed by atoms with Crippen molar-refractivity contribution in [3.05, 3.63) is 0 Å². The van der Waals surface area contributed by atoms with Crippen LogP contribution < -0.4 is 0 Å². The molecule has 0 aromatic carbocycles. The van der Waals surface area contributed by atoms with Gasteiger partial charge in [0.1, 0.15) is 0 Å². The first-order chi connectivity index (χ1) is 3.55. The minimum Gasteiger partial charge on any atom is -0.479 e. The first-order valence-corrected chi connectivity index (χ1v) is 2.42. The quantitative estimate of drug-likeness (QED) is 0.591. The molecule has 0 amide bonds. The average molecular weight is 120 g/mol. The lowest BCUT2D eigenvalue weighted by atomic mass is 10.1. The predicted molar refractivity (Wildman–Crippen MR) is 27.4 cm³/mol. The molecule has 2 nitrogen and oxygen atoms in total. The van der Waals surface area contributed by atoms with E-state index < -0.39 is 18.1 Å². The molecule has 1 atom stereocenters. The summed E-state index contributed by atoms with van der Waals surface area (Å²) in [7, 11) is 0. The highest BCUT2D eigenvalue weighted by molar-refractivity contribution is 5.72. The van der Waals surface area contributed by atoms with Gasteiger partial charge in [0, 0.05) is 0 Å². The Balaban J connectivity index is 3.64. The number of hydrogen-bond acceptors (Lipinski definition) is 1. The number of halogens is 1. The van der Waals surface area contributed by atoms with Gasteiger partial charge in [0.25, 0.3) is 0 Å². The van der Waals surface area contributed by atoms with Gasteiger partial charge in [-0.3, -0.25) is 0 Å². The summed E-state index contributed by atoms with van der Waals surface area (Å²) in [4.78, 5) is 9.77. The van der Waals surface area contributed by atoms with Crippen LogP contribution in [0.5, 0.6) is 0 Å². The number of alkyl halides is 1. The molecule has 0 saturated carbocycles. The molecule has 0 unspecified atom stereocenters. The predicted octanol–water partition coefficient (Wildman–Crippen LogP) is 1.07. The van der Waals surface area contributed by atoms with Gasteiger partial charge in [0.2, 0.25) is 0 Å². The first-order valence-electron chi connectivity index (χ1n) is 2.42. The molecular formula is C5H9FO2. The molecule has 8 heavy (non-hydrogen) atoms. The third-order valence-corrected chi connectivity index (χ3v) is 0.821. The summed E-state index contributed by atoms with van der Waals surface area (Å²) < 4.78 is 12.0. The van der Waals surface area contributed by atoms with Crippen molar-refractivity contribution in [1.82, 2.24) is 0 Å². The lowest BCUT2D eigenvalue weighted by Crippen LogP contribution is -2.20. The van der Waals surface area contributed by atoms with Crippen molar-refractivity contribution in [2.24, 2.45) is 5.92 Å². The van der Waals surface area contributed by atoms with E-state index in [1.165, 1.54) is 13.8 Å². The van der Waals surface area contributed by atoms with Gasteiger partial charge < -0.3 is 5.11 Å². The first kappa shape index (κ1) is 7.40. The van der Waals surface area contributed by atoms with E-state index in [1.807, 2.05) is 0 Å². The Hall–Kier alpha value is -0.600. The Morgan fingerprint density at radius 2 is 2.00 bits per heavy atom. The van der Waals surface area contributed by atoms with Crippen molar-refractivity contribution in [2.75, 3.05) is 0 Å². The van der Waals surface area contributed by atoms with E-state index in [4.69, 9.17) is 5.11 Å². The van der Waals surface area contributed by atoms with E-state index in [-0.39, 0.29) is 0 Å². The van der Waals surface area contributed by atoms with Crippen LogP contribution in [0.4, 0.5) is 4.39 Å². The van der Waals surface area contributed by atoms with E-state index in [0.29, 0.717) is 0 Å². The molecule has 0 spiro atoms. The smallest absolute Gasteiger partial charge is 0.338 e. The molecule has 3 heteroatoms. The maximum absolute atomic E-state index is 12.0. The third kappa shape index (κ3) is 1.91. The lowest BCUT2D eigenvalue weighted by Gasteiger charge is -2.03. The molecule has 0 aliphatic rings. The molecule has 0 aromatic rings. The summed E-state index contributed by atoms with van der Waals surface area (Å²) in [6.07, 6.45) is -1.71. The second kappa shape index (κ2) is 2.64. The van der Waals surface area contributed by atoms with Gasteiger partial charge in [-0.25, -0.2) is 9.18 Å². The van der Waals surface area contributed by atoms with Gasteiger partial charge in [-0.05, 0) is 5.92 Å². The van der Waals surface area contributed by atoms with E-state index in [2.05, 4.69) is 0 Å². The SMILES string of the molecule is CC(C)[C@@H](F)C(=O)O. The highest BCUT2D eigenvalue weighted by Gasteiger charge is 2.18. The zero-order valence-corrected chi connectivity index (χ0v) is 4.89. The van der Waals surface area contributed by atoms with Crippen molar-refractivity contribution in [1.29, 1.82) is 0 Å². The Morgan fingerprint density at radius 3 is 2.00 bits per heavy atom. The van der Waals surface area contributed by atoms with Gasteiger partial charge in [0.15, 0.2) is 6.17 Å². The molecule has 1 N–H and O–H groups in total. The summed E-state index contributed by atoms with van der Waals surface area (Å²) in [5.74, 6) is -1.80.